The van der Waals surface area contributed by atoms with Crippen LogP contribution < -0.4 is 0 Å². The lowest BCUT2D eigenvalue weighted by Gasteiger charge is -2.34. The van der Waals surface area contributed by atoms with Gasteiger partial charge in [0.2, 0.25) is 15.7 Å². The lowest BCUT2D eigenvalue weighted by atomic mass is 10.2. The van der Waals surface area contributed by atoms with E-state index in [1.54, 1.807) is 41.1 Å². The molecule has 1 aliphatic rings. The zero-order chi connectivity index (χ0) is 21.3. The number of hydrogen-bond donors (Lipinski definition) is 0. The fraction of sp³-hybridized carbons (Fsp3) is 0.348. The van der Waals surface area contributed by atoms with Crippen molar-refractivity contribution < 1.29 is 13.2 Å². The highest BCUT2D eigenvalue weighted by atomic mass is 32.2. The van der Waals surface area contributed by atoms with Crippen molar-refractivity contribution in [1.82, 2.24) is 14.4 Å². The van der Waals surface area contributed by atoms with Gasteiger partial charge in [-0.1, -0.05) is 42.8 Å². The van der Waals surface area contributed by atoms with Crippen LogP contribution in [0.2, 0.25) is 0 Å². The summed E-state index contributed by atoms with van der Waals surface area (Å²) in [4.78, 5) is 17.6. The van der Waals surface area contributed by atoms with Crippen LogP contribution in [0, 0.1) is 6.92 Å². The van der Waals surface area contributed by atoms with Crippen LogP contribution in [0.4, 0.5) is 0 Å². The Hall–Kier alpha value is -2.64. The highest BCUT2D eigenvalue weighted by Crippen LogP contribution is 2.30. The molecular formula is C23H27N3O3S. The minimum atomic E-state index is -3.69. The first kappa shape index (κ1) is 20.6. The largest absolute Gasteiger partial charge is 0.339 e. The topological polar surface area (TPSA) is 62.6 Å². The number of aryl methyl sites for hydroxylation is 1. The third-order valence-corrected chi connectivity index (χ3v) is 7.65. The summed E-state index contributed by atoms with van der Waals surface area (Å²) in [5, 5.41) is 0.640. The van der Waals surface area contributed by atoms with Crippen LogP contribution in [0.1, 0.15) is 12.5 Å². The minimum Gasteiger partial charge on any atom is -0.339 e. The van der Waals surface area contributed by atoms with Crippen LogP contribution >= 0.6 is 0 Å². The maximum absolute atomic E-state index is 13.3. The molecule has 3 aromatic rings. The number of amides is 1. The Bertz CT molecular complexity index is 1160. The van der Waals surface area contributed by atoms with Crippen molar-refractivity contribution >= 4 is 26.6 Å². The van der Waals surface area contributed by atoms with Gasteiger partial charge in [0.1, 0.15) is 6.54 Å². The van der Waals surface area contributed by atoms with Gasteiger partial charge in [-0.25, -0.2) is 8.42 Å². The van der Waals surface area contributed by atoms with Crippen LogP contribution in [-0.4, -0.2) is 61.4 Å². The quantitative estimate of drug-likeness (QED) is 0.631. The molecule has 0 atom stereocenters. The SMILES string of the molecule is CCN1CCN(C(=O)Cn2cc(S(=O)(=O)c3ccc(C)cc3)c3ccccc32)CC1. The molecule has 7 heteroatoms. The van der Waals surface area contributed by atoms with E-state index < -0.39 is 9.84 Å². The highest BCUT2D eigenvalue weighted by molar-refractivity contribution is 7.91. The Kier molecular flexibility index (Phi) is 5.66. The third kappa shape index (κ3) is 3.87. The maximum atomic E-state index is 13.3. The molecule has 1 aliphatic heterocycles. The summed E-state index contributed by atoms with van der Waals surface area (Å²) < 4.78 is 28.4. The number of carbonyl (C=O) groups excluding carboxylic acids is 1. The van der Waals surface area contributed by atoms with Gasteiger partial charge in [-0.3, -0.25) is 4.79 Å². The molecule has 30 heavy (non-hydrogen) atoms. The Labute approximate surface area is 177 Å². The number of aromatic nitrogens is 1. The van der Waals surface area contributed by atoms with E-state index in [0.717, 1.165) is 30.7 Å². The molecule has 0 spiro atoms. The van der Waals surface area contributed by atoms with E-state index in [-0.39, 0.29) is 22.2 Å². The van der Waals surface area contributed by atoms with Crippen LogP contribution in [0.5, 0.6) is 0 Å². The molecule has 1 amide bonds. The Morgan fingerprint density at radius 1 is 0.967 bits per heavy atom. The van der Waals surface area contributed by atoms with Crippen LogP contribution in [0.3, 0.4) is 0 Å². The average molecular weight is 426 g/mol. The van der Waals surface area contributed by atoms with E-state index in [2.05, 4.69) is 11.8 Å². The standard InChI is InChI=1S/C23H27N3O3S/c1-3-24-12-14-25(15-13-24)23(27)17-26-16-22(20-6-4-5-7-21(20)26)30(28,29)19-10-8-18(2)9-11-19/h4-11,16H,3,12-15,17H2,1-2H3. The van der Waals surface area contributed by atoms with Crippen LogP contribution in [0.25, 0.3) is 10.9 Å². The maximum Gasteiger partial charge on any atom is 0.242 e. The summed E-state index contributed by atoms with van der Waals surface area (Å²) in [5.41, 5.74) is 1.76. The van der Waals surface area contributed by atoms with Gasteiger partial charge in [0.05, 0.1) is 9.79 Å². The molecule has 0 unspecified atom stereocenters. The van der Waals surface area contributed by atoms with E-state index in [9.17, 15) is 13.2 Å². The number of fused-ring (bicyclic) bond motifs is 1. The second kappa shape index (κ2) is 8.24. The van der Waals surface area contributed by atoms with Gasteiger partial charge in [-0.15, -0.1) is 0 Å². The van der Waals surface area contributed by atoms with Crippen LogP contribution in [-0.2, 0) is 21.2 Å². The van der Waals surface area contributed by atoms with Crippen molar-refractivity contribution in [2.24, 2.45) is 0 Å². The zero-order valence-electron chi connectivity index (χ0n) is 17.4. The first-order chi connectivity index (χ1) is 14.4. The number of para-hydroxylation sites is 1. The number of rotatable bonds is 5. The van der Waals surface area contributed by atoms with Gasteiger partial charge in [0.15, 0.2) is 0 Å². The lowest BCUT2D eigenvalue weighted by Crippen LogP contribution is -2.49. The number of likely N-dealkylation sites (N-methyl/N-ethyl adjacent to an activating group) is 1. The number of hydrogen-bond acceptors (Lipinski definition) is 4. The van der Waals surface area contributed by atoms with Crippen molar-refractivity contribution in [2.45, 2.75) is 30.2 Å². The van der Waals surface area contributed by atoms with E-state index >= 15 is 0 Å². The second-order valence-corrected chi connectivity index (χ2v) is 9.69. The number of carbonyl (C=O) groups is 1. The molecular weight excluding hydrogens is 398 g/mol. The van der Waals surface area contributed by atoms with Gasteiger partial charge in [0, 0.05) is 43.3 Å². The normalized spacial score (nSPS) is 15.6. The van der Waals surface area contributed by atoms with Gasteiger partial charge in [-0.2, -0.15) is 0 Å². The van der Waals surface area contributed by atoms with Gasteiger partial charge < -0.3 is 14.4 Å². The third-order valence-electron chi connectivity index (χ3n) is 5.85. The molecule has 0 radical (unpaired) electrons. The summed E-state index contributed by atoms with van der Waals surface area (Å²) in [6, 6.07) is 14.2. The minimum absolute atomic E-state index is 0.0192. The molecule has 2 heterocycles. The molecule has 4 rings (SSSR count). The fourth-order valence-corrected chi connectivity index (χ4v) is 5.44. The molecule has 1 saturated heterocycles. The molecule has 0 saturated carbocycles. The predicted molar refractivity (Wildman–Crippen MR) is 117 cm³/mol. The second-order valence-electron chi connectivity index (χ2n) is 7.77. The van der Waals surface area contributed by atoms with E-state index in [1.165, 1.54) is 0 Å². The van der Waals surface area contributed by atoms with E-state index in [4.69, 9.17) is 0 Å². The molecule has 1 aromatic heterocycles. The average Bonchev–Trinajstić information content (AvgIpc) is 3.13. The Morgan fingerprint density at radius 2 is 1.63 bits per heavy atom. The van der Waals surface area contributed by atoms with Crippen molar-refractivity contribution in [3.05, 3.63) is 60.3 Å². The van der Waals surface area contributed by atoms with Gasteiger partial charge in [-0.05, 0) is 31.7 Å². The fourth-order valence-electron chi connectivity index (χ4n) is 3.96. The number of sulfone groups is 1. The number of nitrogens with zero attached hydrogens (tertiary/aromatic N) is 3. The first-order valence-electron chi connectivity index (χ1n) is 10.3. The molecule has 0 aliphatic carbocycles. The highest BCUT2D eigenvalue weighted by Gasteiger charge is 2.25. The van der Waals surface area contributed by atoms with Crippen molar-refractivity contribution in [1.29, 1.82) is 0 Å². The monoisotopic (exact) mass is 425 g/mol. The molecule has 0 bridgehead atoms. The molecule has 2 aromatic carbocycles. The van der Waals surface area contributed by atoms with Crippen molar-refractivity contribution in [3.8, 4) is 0 Å². The van der Waals surface area contributed by atoms with Crippen LogP contribution in [0.15, 0.2) is 64.5 Å². The van der Waals surface area contributed by atoms with E-state index in [0.29, 0.717) is 18.5 Å². The summed E-state index contributed by atoms with van der Waals surface area (Å²) in [7, 11) is -3.69. The summed E-state index contributed by atoms with van der Waals surface area (Å²) >= 11 is 0. The Balaban J connectivity index is 1.66. The molecule has 6 nitrogen and oxygen atoms in total. The number of benzene rings is 2. The van der Waals surface area contributed by atoms with E-state index in [1.807, 2.05) is 30.0 Å². The molecule has 0 N–H and O–H groups in total. The van der Waals surface area contributed by atoms with Gasteiger partial charge in [0.25, 0.3) is 0 Å². The molecule has 1 fully saturated rings. The summed E-state index contributed by atoms with van der Waals surface area (Å²) in [6.07, 6.45) is 1.61. The van der Waals surface area contributed by atoms with Crippen molar-refractivity contribution in [3.63, 3.8) is 0 Å². The predicted octanol–water partition coefficient (Wildman–Crippen LogP) is 2.95. The number of piperazine rings is 1. The summed E-state index contributed by atoms with van der Waals surface area (Å²) in [5.74, 6) is 0.0192. The van der Waals surface area contributed by atoms with Crippen molar-refractivity contribution in [2.75, 3.05) is 32.7 Å². The first-order valence-corrected chi connectivity index (χ1v) is 11.8. The summed E-state index contributed by atoms with van der Waals surface area (Å²) in [6.45, 7) is 8.35. The van der Waals surface area contributed by atoms with Gasteiger partial charge >= 0.3 is 0 Å². The zero-order valence-corrected chi connectivity index (χ0v) is 18.2. The Morgan fingerprint density at radius 3 is 2.30 bits per heavy atom. The smallest absolute Gasteiger partial charge is 0.242 e. The molecule has 158 valence electrons. The lowest BCUT2D eigenvalue weighted by molar-refractivity contribution is -0.133.